The molecule has 0 fully saturated rings. The molecule has 14 heteroatoms. The van der Waals surface area contributed by atoms with Crippen molar-refractivity contribution in [1.29, 1.82) is 0 Å². The number of imidazole rings is 2. The fourth-order valence-corrected chi connectivity index (χ4v) is 2.80. The highest BCUT2D eigenvalue weighted by Gasteiger charge is 2.13. The van der Waals surface area contributed by atoms with Gasteiger partial charge in [-0.05, 0) is 13.3 Å². The second-order valence-corrected chi connectivity index (χ2v) is 6.45. The fraction of sp³-hybridized carbons (Fsp3) is 0.500. The number of hydrogen-bond acceptors (Lipinski definition) is 8. The molecule has 14 nitrogen and oxygen atoms in total. The SMILES string of the molecule is Cc1ncc([NH+]([O-])O)n1CCNC(=O)CCC(=O)NCCCn1ccnc1[NH+]([O-])O. The molecule has 2 heterocycles. The first-order chi connectivity index (χ1) is 14.3. The minimum absolute atomic E-state index is 0.00517. The number of nitrogens with zero attached hydrogens (tertiary/aromatic N) is 4. The van der Waals surface area contributed by atoms with Gasteiger partial charge >= 0.3 is 5.95 Å². The minimum atomic E-state index is -1.11. The maximum absolute atomic E-state index is 11.9. The Bertz CT molecular complexity index is 834. The summed E-state index contributed by atoms with van der Waals surface area (Å²) in [7, 11) is 0. The normalized spacial score (nSPS) is 13.1. The molecule has 0 aromatic carbocycles. The largest absolute Gasteiger partial charge is 0.594 e. The van der Waals surface area contributed by atoms with Crippen molar-refractivity contribution in [3.63, 3.8) is 0 Å². The van der Waals surface area contributed by atoms with Crippen molar-refractivity contribution in [2.75, 3.05) is 13.1 Å². The zero-order valence-corrected chi connectivity index (χ0v) is 16.5. The minimum Gasteiger partial charge on any atom is -0.594 e. The molecule has 0 radical (unpaired) electrons. The monoisotopic (exact) mass is 426 g/mol. The van der Waals surface area contributed by atoms with Crippen molar-refractivity contribution in [2.24, 2.45) is 0 Å². The Labute approximate surface area is 171 Å². The van der Waals surface area contributed by atoms with Gasteiger partial charge in [-0.1, -0.05) is 0 Å². The van der Waals surface area contributed by atoms with Crippen molar-refractivity contribution >= 4 is 23.6 Å². The van der Waals surface area contributed by atoms with Crippen LogP contribution in [0, 0.1) is 17.3 Å². The molecule has 2 rings (SSSR count). The predicted octanol–water partition coefficient (Wildman–Crippen LogP) is -2.70. The third-order valence-electron chi connectivity index (χ3n) is 4.32. The van der Waals surface area contributed by atoms with Crippen LogP contribution in [-0.4, -0.2) is 54.4 Å². The van der Waals surface area contributed by atoms with E-state index < -0.39 is 10.5 Å². The molecule has 0 spiro atoms. The summed E-state index contributed by atoms with van der Waals surface area (Å²) in [6.45, 7) is 2.89. The lowest BCUT2D eigenvalue weighted by molar-refractivity contribution is -0.995. The van der Waals surface area contributed by atoms with Crippen LogP contribution in [0.3, 0.4) is 0 Å². The number of rotatable bonds is 12. The van der Waals surface area contributed by atoms with Crippen LogP contribution in [0.4, 0.5) is 11.8 Å². The Morgan fingerprint density at radius 1 is 1.07 bits per heavy atom. The number of hydrogen-bond donors (Lipinski definition) is 6. The molecular formula is C16H26N8O6. The maximum Gasteiger partial charge on any atom is 0.340 e. The number of aromatic nitrogens is 4. The highest BCUT2D eigenvalue weighted by atomic mass is 16.8. The lowest BCUT2D eigenvalue weighted by atomic mass is 10.2. The van der Waals surface area contributed by atoms with Crippen LogP contribution in [0.25, 0.3) is 0 Å². The Hall–Kier alpha value is -2.88. The smallest absolute Gasteiger partial charge is 0.340 e. The summed E-state index contributed by atoms with van der Waals surface area (Å²) in [5.74, 6) is -0.0731. The second-order valence-electron chi connectivity index (χ2n) is 6.45. The van der Waals surface area contributed by atoms with Crippen LogP contribution in [0.2, 0.25) is 0 Å². The van der Waals surface area contributed by atoms with Gasteiger partial charge in [-0.2, -0.15) is 15.4 Å². The molecule has 0 bridgehead atoms. The summed E-state index contributed by atoms with van der Waals surface area (Å²) in [6, 6.07) is 0. The van der Waals surface area contributed by atoms with Crippen molar-refractivity contribution < 1.29 is 30.5 Å². The summed E-state index contributed by atoms with van der Waals surface area (Å²) in [5.41, 5.74) is 0. The molecule has 0 aliphatic carbocycles. The standard InChI is InChI=1S/C16H26N8O6/c1-12-20-11-15(23(27)28)22(12)10-7-18-14(26)4-3-13(25)17-5-2-8-21-9-6-19-16(21)24(29)30/h6,9,11,23-24,27,29H,2-5,7-8,10H2,1H3,(H,17,25)(H,18,26). The molecule has 0 saturated carbocycles. The van der Waals surface area contributed by atoms with E-state index in [1.165, 1.54) is 21.5 Å². The molecule has 0 saturated heterocycles. The van der Waals surface area contributed by atoms with Crippen LogP contribution in [0.15, 0.2) is 18.6 Å². The Morgan fingerprint density at radius 3 is 2.37 bits per heavy atom. The summed E-state index contributed by atoms with van der Waals surface area (Å²) < 4.78 is 2.98. The first-order valence-electron chi connectivity index (χ1n) is 9.33. The lowest BCUT2D eigenvalue weighted by Gasteiger charge is -2.14. The van der Waals surface area contributed by atoms with Crippen molar-refractivity contribution in [1.82, 2.24) is 29.7 Å². The molecule has 2 unspecified atom stereocenters. The van der Waals surface area contributed by atoms with Crippen molar-refractivity contribution in [2.45, 2.75) is 39.3 Å². The molecule has 2 amide bonds. The van der Waals surface area contributed by atoms with Crippen LogP contribution < -0.4 is 21.1 Å². The van der Waals surface area contributed by atoms with Gasteiger partial charge in [-0.3, -0.25) is 18.7 Å². The van der Waals surface area contributed by atoms with E-state index in [1.54, 1.807) is 13.1 Å². The molecule has 2 aromatic heterocycles. The topological polar surface area (TPSA) is 189 Å². The highest BCUT2D eigenvalue weighted by Crippen LogP contribution is 2.05. The van der Waals surface area contributed by atoms with E-state index >= 15 is 0 Å². The molecule has 166 valence electrons. The van der Waals surface area contributed by atoms with Gasteiger partial charge in [0.2, 0.25) is 11.8 Å². The molecule has 2 aromatic rings. The lowest BCUT2D eigenvalue weighted by Crippen LogP contribution is -3.00. The Kier molecular flexibility index (Phi) is 8.85. The maximum atomic E-state index is 11.9. The van der Waals surface area contributed by atoms with Crippen LogP contribution in [0.5, 0.6) is 0 Å². The van der Waals surface area contributed by atoms with Crippen molar-refractivity contribution in [3.05, 3.63) is 34.8 Å². The summed E-state index contributed by atoms with van der Waals surface area (Å²) in [6.07, 6.45) is 4.76. The third-order valence-corrected chi connectivity index (χ3v) is 4.32. The highest BCUT2D eigenvalue weighted by molar-refractivity contribution is 5.83. The molecule has 30 heavy (non-hydrogen) atoms. The summed E-state index contributed by atoms with van der Waals surface area (Å²) in [5, 5.41) is 43.2. The number of carbonyl (C=O) groups excluding carboxylic acids is 2. The van der Waals surface area contributed by atoms with Crippen LogP contribution >= 0.6 is 0 Å². The second kappa shape index (κ2) is 11.3. The average Bonchev–Trinajstić information content (AvgIpc) is 3.30. The molecular weight excluding hydrogens is 400 g/mol. The van der Waals surface area contributed by atoms with Gasteiger partial charge in [-0.25, -0.2) is 15.4 Å². The van der Waals surface area contributed by atoms with Crippen LogP contribution in [-0.2, 0) is 22.7 Å². The predicted molar refractivity (Wildman–Crippen MR) is 101 cm³/mol. The number of carbonyl (C=O) groups is 2. The van der Waals surface area contributed by atoms with Gasteiger partial charge < -0.3 is 21.0 Å². The van der Waals surface area contributed by atoms with E-state index in [4.69, 9.17) is 10.4 Å². The Balaban J connectivity index is 1.60. The molecule has 2 atom stereocenters. The van der Waals surface area contributed by atoms with Gasteiger partial charge in [-0.15, -0.1) is 0 Å². The fourth-order valence-electron chi connectivity index (χ4n) is 2.80. The number of aryl methyl sites for hydroxylation is 2. The van der Waals surface area contributed by atoms with Gasteiger partial charge in [0.25, 0.3) is 5.82 Å². The van der Waals surface area contributed by atoms with Gasteiger partial charge in [0, 0.05) is 45.2 Å². The quantitative estimate of drug-likeness (QED) is 0.156. The van der Waals surface area contributed by atoms with Gasteiger partial charge in [0.1, 0.15) is 12.0 Å². The van der Waals surface area contributed by atoms with E-state index in [0.717, 1.165) is 0 Å². The van der Waals surface area contributed by atoms with Crippen LogP contribution in [0.1, 0.15) is 25.1 Å². The average molecular weight is 426 g/mol. The Morgan fingerprint density at radius 2 is 1.73 bits per heavy atom. The number of nitrogens with one attached hydrogen (secondary N) is 4. The summed E-state index contributed by atoms with van der Waals surface area (Å²) in [4.78, 5) is 31.4. The molecule has 0 aliphatic rings. The first kappa shape index (κ1) is 23.4. The summed E-state index contributed by atoms with van der Waals surface area (Å²) >= 11 is 0. The van der Waals surface area contributed by atoms with E-state index in [9.17, 15) is 20.0 Å². The molecule has 6 N–H and O–H groups in total. The first-order valence-corrected chi connectivity index (χ1v) is 9.33. The zero-order chi connectivity index (χ0) is 22.1. The van der Waals surface area contributed by atoms with Gasteiger partial charge in [0.15, 0.2) is 0 Å². The zero-order valence-electron chi connectivity index (χ0n) is 16.5. The molecule has 0 aliphatic heterocycles. The number of amides is 2. The van der Waals surface area contributed by atoms with E-state index in [-0.39, 0.29) is 49.5 Å². The van der Waals surface area contributed by atoms with Gasteiger partial charge in [0.05, 0.1) is 6.20 Å². The third kappa shape index (κ3) is 6.87. The van der Waals surface area contributed by atoms with E-state index in [2.05, 4.69) is 20.6 Å². The van der Waals surface area contributed by atoms with E-state index in [1.807, 2.05) is 0 Å². The number of quaternary nitrogens is 2. The van der Waals surface area contributed by atoms with E-state index in [0.29, 0.717) is 25.3 Å². The van der Waals surface area contributed by atoms with Crippen molar-refractivity contribution in [3.8, 4) is 0 Å².